The molecule has 0 unspecified atom stereocenters. The molecule has 0 amide bonds. The summed E-state index contributed by atoms with van der Waals surface area (Å²) in [5, 5.41) is 1.68. The highest BCUT2D eigenvalue weighted by Gasteiger charge is 2.63. The second-order valence-corrected chi connectivity index (χ2v) is 111. The molecule has 0 atom stereocenters. The molecule has 0 N–H and O–H groups in total. The second-order valence-electron chi connectivity index (χ2n) is 4.39. The van der Waals surface area contributed by atoms with E-state index in [1.165, 1.54) is 0 Å². The molecular weight excluding hydrogens is 1080 g/mol. The molecule has 0 saturated carbocycles. The van der Waals surface area contributed by atoms with Crippen molar-refractivity contribution in [3.63, 3.8) is 0 Å². The van der Waals surface area contributed by atoms with Gasteiger partial charge in [0.05, 0.1) is 0 Å². The molecular formula is C9H11I7Si3. The van der Waals surface area contributed by atoms with Crippen LogP contribution >= 0.6 is 153 Å². The van der Waals surface area contributed by atoms with Gasteiger partial charge in [-0.2, -0.15) is 0 Å². The van der Waals surface area contributed by atoms with Gasteiger partial charge >= 0.3 is 0 Å². The molecule has 0 aromatic heterocycles. The predicted octanol–water partition coefficient (Wildman–Crippen LogP) is 7.04. The Hall–Kier alpha value is 4.98. The molecule has 19 heavy (non-hydrogen) atoms. The van der Waals surface area contributed by atoms with Crippen molar-refractivity contribution in [1.82, 2.24) is 0 Å². The van der Waals surface area contributed by atoms with Crippen LogP contribution in [-0.4, -0.2) is 4.77 Å². The second kappa shape index (κ2) is 8.58. The molecule has 108 valence electrons. The fourth-order valence-corrected chi connectivity index (χ4v) is 157. The van der Waals surface area contributed by atoms with Crippen molar-refractivity contribution in [2.75, 3.05) is 0 Å². The van der Waals surface area contributed by atoms with Crippen LogP contribution in [0.1, 0.15) is 25.3 Å². The van der Waals surface area contributed by atoms with Gasteiger partial charge in [-0.05, 0) is 16.7 Å². The Morgan fingerprint density at radius 2 is 1.32 bits per heavy atom. The molecule has 0 radical (unpaired) electrons. The third-order valence-corrected chi connectivity index (χ3v) is 202. The van der Waals surface area contributed by atoms with Gasteiger partial charge in [-0.1, -0.05) is 104 Å². The molecule has 10 heteroatoms. The highest BCUT2D eigenvalue weighted by molar-refractivity contribution is 14.4. The molecule has 0 aliphatic rings. The molecule has 1 aromatic carbocycles. The lowest BCUT2D eigenvalue weighted by Gasteiger charge is -2.37. The van der Waals surface area contributed by atoms with E-state index in [0.717, 1.165) is 0 Å². The largest absolute Gasteiger partial charge is 0.263 e. The van der Waals surface area contributed by atoms with E-state index in [1.54, 1.807) is 10.8 Å². The van der Waals surface area contributed by atoms with Gasteiger partial charge in [0.2, 0.25) is 4.69 Å². The first-order valence-corrected chi connectivity index (χ1v) is 35.1. The highest BCUT2D eigenvalue weighted by atomic mass is 127. The molecule has 0 fully saturated rings. The predicted molar refractivity (Wildman–Crippen MR) is 156 cm³/mol. The lowest BCUT2D eigenvalue weighted by atomic mass is 10.0. The third kappa shape index (κ3) is 5.23. The van der Waals surface area contributed by atoms with Gasteiger partial charge in [0.1, 0.15) is 0 Å². The van der Waals surface area contributed by atoms with E-state index >= 15 is 0 Å². The number of benzene rings is 1. The van der Waals surface area contributed by atoms with Crippen LogP contribution in [0.25, 0.3) is 0 Å². The van der Waals surface area contributed by atoms with Crippen molar-refractivity contribution in [1.29, 1.82) is 0 Å². The van der Waals surface area contributed by atoms with Gasteiger partial charge < -0.3 is 0 Å². The maximum atomic E-state index is 2.88. The van der Waals surface area contributed by atoms with Crippen molar-refractivity contribution < 1.29 is 0 Å². The van der Waals surface area contributed by atoms with Gasteiger partial charge in [-0.15, -0.1) is 87.2 Å². The van der Waals surface area contributed by atoms with E-state index in [9.17, 15) is 0 Å². The first-order chi connectivity index (χ1) is 8.43. The Morgan fingerprint density at radius 1 is 0.842 bits per heavy atom. The number of halogens is 7. The summed E-state index contributed by atoms with van der Waals surface area (Å²) >= 11 is 19.8. The Labute approximate surface area is 207 Å². The van der Waals surface area contributed by atoms with Crippen molar-refractivity contribution in [2.24, 2.45) is 0 Å². The summed E-state index contributed by atoms with van der Waals surface area (Å²) in [6, 6.07) is 9.18. The van der Waals surface area contributed by atoms with Crippen molar-refractivity contribution >= 4 is 163 Å². The maximum Gasteiger partial charge on any atom is 0.263 e. The minimum atomic E-state index is -1.46. The Balaban J connectivity index is 3.44. The molecule has 1 aromatic rings. The Morgan fingerprint density at radius 3 is 1.74 bits per heavy atom. The number of hydrogen-bond donors (Lipinski definition) is 0. The standard InChI is InChI=1S/C9H11I7Si3/c1-7(2)8-5-3-4-6-9(8)17(10,11)19(15,16)18(12,13)14/h3-7H,1-2H3. The highest BCUT2D eigenvalue weighted by Crippen LogP contribution is 2.54. The summed E-state index contributed by atoms with van der Waals surface area (Å²) in [6.45, 7) is 4.64. The van der Waals surface area contributed by atoms with Crippen LogP contribution in [0.15, 0.2) is 24.3 Å². The summed E-state index contributed by atoms with van der Waals surface area (Å²) in [4.78, 5) is 0. The third-order valence-electron chi connectivity index (χ3n) is 2.67. The minimum Gasteiger partial charge on any atom is -0.106 e. The molecule has 0 bridgehead atoms. The first kappa shape index (κ1) is 22.0. The van der Waals surface area contributed by atoms with Crippen LogP contribution in [-0.2, 0) is 0 Å². The normalized spacial score (nSPS) is 14.0. The van der Waals surface area contributed by atoms with Crippen molar-refractivity contribution in [2.45, 2.75) is 19.8 Å². The summed E-state index contributed by atoms with van der Waals surface area (Å²) in [7, 11) is 0. The van der Waals surface area contributed by atoms with E-state index < -0.39 is 4.77 Å². The smallest absolute Gasteiger partial charge is 0.106 e. The molecule has 0 spiro atoms. The molecule has 1 rings (SSSR count). The molecule has 0 heterocycles. The van der Waals surface area contributed by atoms with E-state index in [0.29, 0.717) is 5.92 Å². The average molecular weight is 1090 g/mol. The van der Waals surface area contributed by atoms with Gasteiger partial charge in [-0.25, -0.2) is 0 Å². The summed E-state index contributed by atoms with van der Waals surface area (Å²) in [5.41, 5.74) is 1.57. The average Bonchev–Trinajstić information content (AvgIpc) is 2.27. The zero-order chi connectivity index (χ0) is 15.1. The van der Waals surface area contributed by atoms with E-state index in [-0.39, 0.29) is 0 Å². The van der Waals surface area contributed by atoms with Crippen LogP contribution in [0.2, 0.25) is 0 Å². The van der Waals surface area contributed by atoms with Gasteiger partial charge in [-0.3, -0.25) is 0 Å². The Bertz CT molecular complexity index is 455. The number of hydrogen-bond acceptors (Lipinski definition) is 0. The van der Waals surface area contributed by atoms with Crippen LogP contribution in [0.3, 0.4) is 0 Å². The number of rotatable bonds is 4. The SMILES string of the molecule is CC(C)c1ccccc1[Si](I)(I)[Si](I)(I)[Si](I)(I)I. The van der Waals surface area contributed by atoms with Gasteiger partial charge in [0.15, 0.2) is 0 Å². The minimum absolute atomic E-state index is 0.624. The van der Waals surface area contributed by atoms with Crippen LogP contribution in [0.5, 0.6) is 0 Å². The lowest BCUT2D eigenvalue weighted by Crippen LogP contribution is -2.64. The van der Waals surface area contributed by atoms with E-state index in [4.69, 9.17) is 0 Å². The zero-order valence-electron chi connectivity index (χ0n) is 10.0. The molecule has 0 saturated heterocycles. The molecule has 0 aliphatic carbocycles. The monoisotopic (exact) mass is 1090 g/mol. The zero-order valence-corrected chi connectivity index (χ0v) is 28.1. The summed E-state index contributed by atoms with van der Waals surface area (Å²) in [6.07, 6.45) is 0. The quantitative estimate of drug-likeness (QED) is 0.173. The van der Waals surface area contributed by atoms with Crippen LogP contribution < -0.4 is 5.19 Å². The molecule has 0 nitrogen and oxygen atoms in total. The van der Waals surface area contributed by atoms with Crippen molar-refractivity contribution in [3.05, 3.63) is 29.8 Å². The van der Waals surface area contributed by atoms with Crippen LogP contribution in [0, 0.1) is 0 Å². The lowest BCUT2D eigenvalue weighted by molar-refractivity contribution is 0.873. The first-order valence-electron chi connectivity index (χ1n) is 5.34. The fraction of sp³-hybridized carbons (Fsp3) is 0.333. The Kier molecular flexibility index (Phi) is 9.94. The van der Waals surface area contributed by atoms with E-state index in [1.807, 2.05) is 0 Å². The van der Waals surface area contributed by atoms with E-state index in [2.05, 4.69) is 191 Å². The van der Waals surface area contributed by atoms with Gasteiger partial charge in [0.25, 0.3) is 0.0813 Å². The maximum absolute atomic E-state index is 2.88. The fourth-order valence-electron chi connectivity index (χ4n) is 1.63. The van der Waals surface area contributed by atoms with Crippen LogP contribution in [0.4, 0.5) is 0 Å². The van der Waals surface area contributed by atoms with Gasteiger partial charge in [0, 0.05) is 0 Å². The molecule has 0 aliphatic heterocycles. The topological polar surface area (TPSA) is 0 Å². The summed E-state index contributed by atoms with van der Waals surface area (Å²) in [5.74, 6) is 0.624. The van der Waals surface area contributed by atoms with Crippen molar-refractivity contribution in [3.8, 4) is 0 Å². The summed E-state index contributed by atoms with van der Waals surface area (Å²) < 4.78 is -3.95.